The molecule has 0 aromatic rings. The molecule has 18 heavy (non-hydrogen) atoms. The summed E-state index contributed by atoms with van der Waals surface area (Å²) in [5.41, 5.74) is -0.475. The van der Waals surface area contributed by atoms with Crippen LogP contribution in [0.3, 0.4) is 0 Å². The fourth-order valence-electron chi connectivity index (χ4n) is 4.54. The first-order valence-electron chi connectivity index (χ1n) is 7.08. The lowest BCUT2D eigenvalue weighted by Gasteiger charge is -2.44. The topological polar surface area (TPSA) is 49.7 Å². The summed E-state index contributed by atoms with van der Waals surface area (Å²) in [5.74, 6) is -0.784. The number of rotatable bonds is 1. The van der Waals surface area contributed by atoms with Crippen molar-refractivity contribution in [1.29, 1.82) is 0 Å². The van der Waals surface area contributed by atoms with Crippen LogP contribution >= 0.6 is 0 Å². The molecule has 102 valence electrons. The van der Waals surface area contributed by atoms with Gasteiger partial charge < -0.3 is 14.9 Å². The van der Waals surface area contributed by atoms with E-state index < -0.39 is 11.4 Å². The van der Waals surface area contributed by atoms with Crippen molar-refractivity contribution in [3.63, 3.8) is 0 Å². The number of hydrogen-bond donors (Lipinski definition) is 2. The zero-order valence-electron chi connectivity index (χ0n) is 11.6. The minimum absolute atomic E-state index is 0.0266. The van der Waals surface area contributed by atoms with Crippen LogP contribution in [0.4, 0.5) is 0 Å². The smallest absolute Gasteiger partial charge is 0.199 e. The van der Waals surface area contributed by atoms with Crippen LogP contribution < -0.4 is 0 Å². The van der Waals surface area contributed by atoms with E-state index >= 15 is 0 Å². The third kappa shape index (κ3) is 1.21. The Morgan fingerprint density at radius 3 is 2.61 bits per heavy atom. The van der Waals surface area contributed by atoms with Gasteiger partial charge in [-0.15, -0.1) is 0 Å². The highest BCUT2D eigenvalue weighted by Crippen LogP contribution is 2.65. The highest BCUT2D eigenvalue weighted by Gasteiger charge is 2.72. The van der Waals surface area contributed by atoms with E-state index in [1.807, 2.05) is 13.8 Å². The molecule has 2 aliphatic heterocycles. The fourth-order valence-corrected chi connectivity index (χ4v) is 4.54. The highest BCUT2D eigenvalue weighted by molar-refractivity contribution is 5.28. The third-order valence-corrected chi connectivity index (χ3v) is 5.81. The van der Waals surface area contributed by atoms with Gasteiger partial charge in [0.1, 0.15) is 5.60 Å². The predicted octanol–water partition coefficient (Wildman–Crippen LogP) is 2.23. The van der Waals surface area contributed by atoms with Crippen molar-refractivity contribution in [2.45, 2.75) is 63.4 Å². The zero-order chi connectivity index (χ0) is 13.3. The van der Waals surface area contributed by atoms with Crippen molar-refractivity contribution in [1.82, 2.24) is 0 Å². The number of ether oxygens (including phenoxy) is 1. The van der Waals surface area contributed by atoms with Gasteiger partial charge in [0.05, 0.1) is 5.60 Å². The summed E-state index contributed by atoms with van der Waals surface area (Å²) in [6.07, 6.45) is 3.08. The van der Waals surface area contributed by atoms with Gasteiger partial charge in [0.25, 0.3) is 0 Å². The van der Waals surface area contributed by atoms with Crippen LogP contribution in [-0.2, 0) is 4.74 Å². The van der Waals surface area contributed by atoms with E-state index in [0.717, 1.165) is 18.4 Å². The molecule has 0 radical (unpaired) electrons. The van der Waals surface area contributed by atoms with Gasteiger partial charge in [-0.3, -0.25) is 0 Å². The summed E-state index contributed by atoms with van der Waals surface area (Å²) in [6, 6.07) is 0. The van der Waals surface area contributed by atoms with Gasteiger partial charge in [0.15, 0.2) is 5.79 Å². The van der Waals surface area contributed by atoms with Gasteiger partial charge in [-0.05, 0) is 24.7 Å². The maximum atomic E-state index is 11.0. The normalized spacial score (nSPS) is 55.1. The number of fused-ring (bicyclic) bond motifs is 1. The summed E-state index contributed by atoms with van der Waals surface area (Å²) in [6.45, 7) is 10.2. The van der Waals surface area contributed by atoms with E-state index in [-0.39, 0.29) is 11.5 Å². The second-order valence-electron chi connectivity index (χ2n) is 6.96. The molecule has 0 amide bonds. The van der Waals surface area contributed by atoms with E-state index in [1.165, 1.54) is 0 Å². The van der Waals surface area contributed by atoms with Crippen LogP contribution in [-0.4, -0.2) is 27.2 Å². The molecule has 2 N–H and O–H groups in total. The van der Waals surface area contributed by atoms with Gasteiger partial charge in [-0.1, -0.05) is 32.9 Å². The van der Waals surface area contributed by atoms with Crippen molar-refractivity contribution in [2.24, 2.45) is 17.8 Å². The molecule has 3 fully saturated rings. The molecule has 2 bridgehead atoms. The summed E-state index contributed by atoms with van der Waals surface area (Å²) < 4.78 is 6.10. The molecule has 3 rings (SSSR count). The molecule has 3 heteroatoms. The number of aliphatic hydroxyl groups is 2. The zero-order valence-corrected chi connectivity index (χ0v) is 11.6. The number of hydrogen-bond acceptors (Lipinski definition) is 3. The van der Waals surface area contributed by atoms with Crippen LogP contribution in [0.5, 0.6) is 0 Å². The molecule has 1 saturated carbocycles. The molecule has 1 aliphatic carbocycles. The standard InChI is InChI=1S/C15H24O3/c1-9(2)14(16)8-13-11(4)5-6-12(13)10(3)7-15(14,17)18-13/h9,11-12,16-17H,3,5-8H2,1-2,4H3. The van der Waals surface area contributed by atoms with E-state index in [2.05, 4.69) is 13.5 Å². The molecule has 5 unspecified atom stereocenters. The van der Waals surface area contributed by atoms with Crippen LogP contribution in [0, 0.1) is 17.8 Å². The molecular weight excluding hydrogens is 228 g/mol. The van der Waals surface area contributed by atoms with Gasteiger partial charge >= 0.3 is 0 Å². The fraction of sp³-hybridized carbons (Fsp3) is 0.867. The van der Waals surface area contributed by atoms with Crippen molar-refractivity contribution in [3.05, 3.63) is 12.2 Å². The molecule has 2 saturated heterocycles. The predicted molar refractivity (Wildman–Crippen MR) is 68.8 cm³/mol. The Morgan fingerprint density at radius 1 is 1.33 bits per heavy atom. The van der Waals surface area contributed by atoms with E-state index in [9.17, 15) is 10.2 Å². The molecular formula is C15H24O3. The first kappa shape index (κ1) is 12.6. The van der Waals surface area contributed by atoms with E-state index in [1.54, 1.807) is 0 Å². The van der Waals surface area contributed by atoms with E-state index in [4.69, 9.17) is 4.74 Å². The van der Waals surface area contributed by atoms with Crippen molar-refractivity contribution in [3.8, 4) is 0 Å². The Morgan fingerprint density at radius 2 is 2.00 bits per heavy atom. The lowest BCUT2D eigenvalue weighted by Crippen LogP contribution is -2.55. The van der Waals surface area contributed by atoms with Gasteiger partial charge in [-0.2, -0.15) is 0 Å². The molecule has 2 heterocycles. The molecule has 3 aliphatic rings. The molecule has 5 atom stereocenters. The van der Waals surface area contributed by atoms with Crippen molar-refractivity contribution >= 4 is 0 Å². The summed E-state index contributed by atoms with van der Waals surface area (Å²) in [7, 11) is 0. The maximum absolute atomic E-state index is 11.0. The molecule has 0 aromatic carbocycles. The summed E-state index contributed by atoms with van der Waals surface area (Å²) in [5, 5.41) is 21.8. The Labute approximate surface area is 109 Å². The Bertz CT molecular complexity index is 405. The van der Waals surface area contributed by atoms with Crippen molar-refractivity contribution < 1.29 is 14.9 Å². The highest BCUT2D eigenvalue weighted by atomic mass is 16.7. The van der Waals surface area contributed by atoms with Gasteiger partial charge in [0, 0.05) is 18.8 Å². The quantitative estimate of drug-likeness (QED) is 0.704. The Hall–Kier alpha value is -0.380. The third-order valence-electron chi connectivity index (χ3n) is 5.81. The molecule has 1 spiro atoms. The lowest BCUT2D eigenvalue weighted by atomic mass is 9.75. The summed E-state index contributed by atoms with van der Waals surface area (Å²) >= 11 is 0. The molecule has 3 nitrogen and oxygen atoms in total. The SMILES string of the molecule is C=C1CC2(O)OC3(CC2(O)C(C)C)C(C)CCC13. The Kier molecular flexibility index (Phi) is 2.38. The average Bonchev–Trinajstić information content (AvgIpc) is 2.65. The Balaban J connectivity index is 2.11. The lowest BCUT2D eigenvalue weighted by molar-refractivity contribution is -0.304. The van der Waals surface area contributed by atoms with Crippen LogP contribution in [0.25, 0.3) is 0 Å². The first-order chi connectivity index (χ1) is 8.25. The van der Waals surface area contributed by atoms with Gasteiger partial charge in [0.2, 0.25) is 0 Å². The van der Waals surface area contributed by atoms with Crippen LogP contribution in [0.1, 0.15) is 46.5 Å². The molecule has 0 aromatic heterocycles. The van der Waals surface area contributed by atoms with Gasteiger partial charge in [-0.25, -0.2) is 0 Å². The minimum atomic E-state index is -1.44. The second-order valence-corrected chi connectivity index (χ2v) is 6.96. The van der Waals surface area contributed by atoms with Crippen molar-refractivity contribution in [2.75, 3.05) is 0 Å². The largest absolute Gasteiger partial charge is 0.384 e. The first-order valence-corrected chi connectivity index (χ1v) is 7.08. The maximum Gasteiger partial charge on any atom is 0.199 e. The van der Waals surface area contributed by atoms with Crippen LogP contribution in [0.2, 0.25) is 0 Å². The summed E-state index contributed by atoms with van der Waals surface area (Å²) in [4.78, 5) is 0. The average molecular weight is 252 g/mol. The monoisotopic (exact) mass is 252 g/mol. The minimum Gasteiger partial charge on any atom is -0.384 e. The van der Waals surface area contributed by atoms with E-state index in [0.29, 0.717) is 24.7 Å². The second kappa shape index (κ2) is 3.38. The van der Waals surface area contributed by atoms with Crippen LogP contribution in [0.15, 0.2) is 12.2 Å².